The van der Waals surface area contributed by atoms with Gasteiger partial charge in [-0.25, -0.2) is 4.98 Å². The Morgan fingerprint density at radius 2 is 2.19 bits per heavy atom. The van der Waals surface area contributed by atoms with Crippen LogP contribution in [0.15, 0.2) is 29.2 Å². The molecule has 16 heavy (non-hydrogen) atoms. The molecule has 0 aliphatic heterocycles. The van der Waals surface area contributed by atoms with Gasteiger partial charge in [-0.1, -0.05) is 13.0 Å². The molecule has 0 radical (unpaired) electrons. The van der Waals surface area contributed by atoms with Crippen LogP contribution in [0.5, 0.6) is 0 Å². The lowest BCUT2D eigenvalue weighted by Gasteiger charge is -2.04. The fourth-order valence-electron chi connectivity index (χ4n) is 1.65. The molecule has 2 heterocycles. The summed E-state index contributed by atoms with van der Waals surface area (Å²) in [6.07, 6.45) is 2.37. The van der Waals surface area contributed by atoms with Crippen molar-refractivity contribution in [2.24, 2.45) is 0 Å². The summed E-state index contributed by atoms with van der Waals surface area (Å²) in [5.74, 6) is 0.528. The molecule has 0 saturated heterocycles. The number of aryl methyl sites for hydroxylation is 1. The van der Waals surface area contributed by atoms with Crippen molar-refractivity contribution >= 4 is 0 Å². The molecule has 0 aliphatic carbocycles. The molecule has 4 nitrogen and oxygen atoms in total. The summed E-state index contributed by atoms with van der Waals surface area (Å²) in [6.45, 7) is 3.79. The van der Waals surface area contributed by atoms with Gasteiger partial charge < -0.3 is 4.98 Å². The maximum atomic E-state index is 11.7. The van der Waals surface area contributed by atoms with Crippen molar-refractivity contribution in [1.82, 2.24) is 15.0 Å². The maximum absolute atomic E-state index is 11.7. The average molecular weight is 215 g/mol. The van der Waals surface area contributed by atoms with Gasteiger partial charge in [-0.3, -0.25) is 9.78 Å². The van der Waals surface area contributed by atoms with Crippen molar-refractivity contribution < 1.29 is 0 Å². The molecule has 2 aromatic rings. The van der Waals surface area contributed by atoms with Gasteiger partial charge in [0.1, 0.15) is 5.69 Å². The van der Waals surface area contributed by atoms with E-state index in [-0.39, 0.29) is 5.56 Å². The highest BCUT2D eigenvalue weighted by molar-refractivity contribution is 5.48. The SMILES string of the molecule is CCc1c(C)nc(-c2ccccn2)[nH]c1=O. The molecular formula is C12H13N3O. The second kappa shape index (κ2) is 4.26. The third kappa shape index (κ3) is 1.86. The molecule has 0 amide bonds. The number of pyridine rings is 1. The highest BCUT2D eigenvalue weighted by atomic mass is 16.1. The summed E-state index contributed by atoms with van der Waals surface area (Å²) in [5.41, 5.74) is 2.12. The second-order valence-electron chi connectivity index (χ2n) is 3.55. The van der Waals surface area contributed by atoms with Gasteiger partial charge >= 0.3 is 0 Å². The summed E-state index contributed by atoms with van der Waals surface area (Å²) in [6, 6.07) is 5.52. The summed E-state index contributed by atoms with van der Waals surface area (Å²) >= 11 is 0. The molecule has 0 spiro atoms. The van der Waals surface area contributed by atoms with Crippen molar-refractivity contribution in [2.75, 3.05) is 0 Å². The fraction of sp³-hybridized carbons (Fsp3) is 0.250. The molecule has 0 unspecified atom stereocenters. The number of aromatic amines is 1. The van der Waals surface area contributed by atoms with E-state index in [0.29, 0.717) is 17.9 Å². The number of hydrogen-bond acceptors (Lipinski definition) is 3. The van der Waals surface area contributed by atoms with E-state index in [2.05, 4.69) is 15.0 Å². The fourth-order valence-corrected chi connectivity index (χ4v) is 1.65. The Hall–Kier alpha value is -1.97. The van der Waals surface area contributed by atoms with E-state index in [1.54, 1.807) is 6.20 Å². The van der Waals surface area contributed by atoms with Gasteiger partial charge in [-0.15, -0.1) is 0 Å². The zero-order valence-corrected chi connectivity index (χ0v) is 9.32. The first-order valence-electron chi connectivity index (χ1n) is 5.23. The average Bonchev–Trinajstić information content (AvgIpc) is 2.30. The van der Waals surface area contributed by atoms with Gasteiger partial charge in [0.25, 0.3) is 5.56 Å². The number of rotatable bonds is 2. The standard InChI is InChI=1S/C12H13N3O/c1-3-9-8(2)14-11(15-12(9)16)10-6-4-5-7-13-10/h4-7H,3H2,1-2H3,(H,14,15,16). The molecule has 4 heteroatoms. The van der Waals surface area contributed by atoms with Crippen LogP contribution < -0.4 is 5.56 Å². The first-order valence-corrected chi connectivity index (χ1v) is 5.23. The van der Waals surface area contributed by atoms with Crippen LogP contribution in [0, 0.1) is 6.92 Å². The van der Waals surface area contributed by atoms with Gasteiger partial charge in [0, 0.05) is 17.5 Å². The molecule has 1 N–H and O–H groups in total. The van der Waals surface area contributed by atoms with Crippen molar-refractivity contribution in [3.8, 4) is 11.5 Å². The van der Waals surface area contributed by atoms with E-state index in [4.69, 9.17) is 0 Å². The number of aromatic nitrogens is 3. The molecule has 0 bridgehead atoms. The lowest BCUT2D eigenvalue weighted by molar-refractivity contribution is 0.962. The van der Waals surface area contributed by atoms with E-state index in [0.717, 1.165) is 11.3 Å². The van der Waals surface area contributed by atoms with Crippen molar-refractivity contribution in [2.45, 2.75) is 20.3 Å². The summed E-state index contributed by atoms with van der Waals surface area (Å²) in [4.78, 5) is 23.0. The first-order chi connectivity index (χ1) is 7.72. The minimum Gasteiger partial charge on any atom is -0.305 e. The topological polar surface area (TPSA) is 58.6 Å². The molecule has 0 atom stereocenters. The maximum Gasteiger partial charge on any atom is 0.254 e. The molecule has 0 fully saturated rings. The van der Waals surface area contributed by atoms with E-state index in [1.165, 1.54) is 0 Å². The van der Waals surface area contributed by atoms with E-state index in [9.17, 15) is 4.79 Å². The molecule has 0 aliphatic rings. The van der Waals surface area contributed by atoms with Crippen molar-refractivity contribution in [3.63, 3.8) is 0 Å². The van der Waals surface area contributed by atoms with Crippen LogP contribution >= 0.6 is 0 Å². The quantitative estimate of drug-likeness (QED) is 0.829. The number of hydrogen-bond donors (Lipinski definition) is 1. The predicted molar refractivity (Wildman–Crippen MR) is 62.2 cm³/mol. The summed E-state index contributed by atoms with van der Waals surface area (Å²) in [5, 5.41) is 0. The summed E-state index contributed by atoms with van der Waals surface area (Å²) < 4.78 is 0. The van der Waals surface area contributed by atoms with Gasteiger partial charge in [-0.05, 0) is 25.5 Å². The third-order valence-electron chi connectivity index (χ3n) is 2.48. The van der Waals surface area contributed by atoms with Crippen LogP contribution in [0.2, 0.25) is 0 Å². The lowest BCUT2D eigenvalue weighted by Crippen LogP contribution is -2.16. The van der Waals surface area contributed by atoms with Crippen LogP contribution in [-0.4, -0.2) is 15.0 Å². The number of nitrogens with zero attached hydrogens (tertiary/aromatic N) is 2. The predicted octanol–water partition coefficient (Wildman–Crippen LogP) is 1.70. The van der Waals surface area contributed by atoms with Crippen molar-refractivity contribution in [1.29, 1.82) is 0 Å². The Balaban J connectivity index is 2.57. The van der Waals surface area contributed by atoms with E-state index in [1.807, 2.05) is 32.0 Å². The Bertz CT molecular complexity index is 546. The van der Waals surface area contributed by atoms with Gasteiger partial charge in [0.2, 0.25) is 0 Å². The zero-order chi connectivity index (χ0) is 11.5. The van der Waals surface area contributed by atoms with Crippen LogP contribution in [-0.2, 0) is 6.42 Å². The normalized spacial score (nSPS) is 10.4. The molecule has 0 saturated carbocycles. The summed E-state index contributed by atoms with van der Waals surface area (Å²) in [7, 11) is 0. The smallest absolute Gasteiger partial charge is 0.254 e. The van der Waals surface area contributed by atoms with Crippen molar-refractivity contribution in [3.05, 3.63) is 46.0 Å². The van der Waals surface area contributed by atoms with Crippen LogP contribution in [0.3, 0.4) is 0 Å². The van der Waals surface area contributed by atoms with Crippen LogP contribution in [0.25, 0.3) is 11.5 Å². The Morgan fingerprint density at radius 3 is 2.75 bits per heavy atom. The lowest BCUT2D eigenvalue weighted by atomic mass is 10.2. The monoisotopic (exact) mass is 215 g/mol. The number of H-pyrrole nitrogens is 1. The highest BCUT2D eigenvalue weighted by Gasteiger charge is 2.07. The third-order valence-corrected chi connectivity index (χ3v) is 2.48. The number of nitrogens with one attached hydrogen (secondary N) is 1. The minimum absolute atomic E-state index is 0.0735. The van der Waals surface area contributed by atoms with E-state index >= 15 is 0 Å². The zero-order valence-electron chi connectivity index (χ0n) is 9.32. The van der Waals surface area contributed by atoms with Gasteiger partial charge in [-0.2, -0.15) is 0 Å². The van der Waals surface area contributed by atoms with Gasteiger partial charge in [0.05, 0.1) is 0 Å². The van der Waals surface area contributed by atoms with Gasteiger partial charge in [0.15, 0.2) is 5.82 Å². The molecule has 2 aromatic heterocycles. The Labute approximate surface area is 93.4 Å². The molecule has 2 rings (SSSR count). The van der Waals surface area contributed by atoms with Crippen LogP contribution in [0.1, 0.15) is 18.2 Å². The largest absolute Gasteiger partial charge is 0.305 e. The Morgan fingerprint density at radius 1 is 1.38 bits per heavy atom. The molecule has 82 valence electrons. The highest BCUT2D eigenvalue weighted by Crippen LogP contribution is 2.10. The second-order valence-corrected chi connectivity index (χ2v) is 3.55. The molecule has 0 aromatic carbocycles. The van der Waals surface area contributed by atoms with Crippen LogP contribution in [0.4, 0.5) is 0 Å². The Kier molecular flexibility index (Phi) is 2.81. The molecular weight excluding hydrogens is 202 g/mol. The van der Waals surface area contributed by atoms with E-state index < -0.39 is 0 Å². The minimum atomic E-state index is -0.0735. The first kappa shape index (κ1) is 10.5.